The fraction of sp³-hybridized carbons (Fsp3) is 0.647. The third-order valence-corrected chi connectivity index (χ3v) is 5.69. The predicted octanol–water partition coefficient (Wildman–Crippen LogP) is 2.83. The number of hydrogen-bond donors (Lipinski definition) is 2. The number of rotatable bonds is 6. The smallest absolute Gasteiger partial charge is 0.193 e. The molecule has 26 heavy (non-hydrogen) atoms. The van der Waals surface area contributed by atoms with Crippen molar-refractivity contribution in [3.05, 3.63) is 28.2 Å². The second-order valence-corrected chi connectivity index (χ2v) is 7.39. The molecule has 1 aliphatic rings. The molecular weight excluding hydrogens is 461 g/mol. The van der Waals surface area contributed by atoms with Crippen molar-refractivity contribution in [1.29, 1.82) is 0 Å². The van der Waals surface area contributed by atoms with E-state index in [1.165, 1.54) is 9.88 Å². The van der Waals surface area contributed by atoms with Crippen LogP contribution in [0.15, 0.2) is 17.5 Å². The van der Waals surface area contributed by atoms with E-state index in [4.69, 9.17) is 4.99 Å². The predicted molar refractivity (Wildman–Crippen MR) is 117 cm³/mol. The molecule has 2 aromatic heterocycles. The van der Waals surface area contributed by atoms with Gasteiger partial charge in [0.15, 0.2) is 5.96 Å². The van der Waals surface area contributed by atoms with Crippen LogP contribution in [0.5, 0.6) is 0 Å². The number of aromatic amines is 1. The Balaban J connectivity index is 0.00000243. The number of piperidine rings is 1. The molecule has 0 saturated carbocycles. The average molecular weight is 489 g/mol. The van der Waals surface area contributed by atoms with E-state index in [9.17, 15) is 0 Å². The first-order valence-electron chi connectivity index (χ1n) is 9.12. The molecule has 0 spiro atoms. The minimum atomic E-state index is 0. The van der Waals surface area contributed by atoms with Crippen LogP contribution in [0.2, 0.25) is 0 Å². The van der Waals surface area contributed by atoms with Gasteiger partial charge in [0.05, 0.1) is 5.01 Å². The summed E-state index contributed by atoms with van der Waals surface area (Å²) in [7, 11) is 0. The van der Waals surface area contributed by atoms with Gasteiger partial charge in [0.1, 0.15) is 12.2 Å². The van der Waals surface area contributed by atoms with Crippen molar-refractivity contribution in [2.75, 3.05) is 26.2 Å². The van der Waals surface area contributed by atoms with E-state index in [0.29, 0.717) is 5.92 Å². The Bertz CT molecular complexity index is 662. The summed E-state index contributed by atoms with van der Waals surface area (Å²) in [6.07, 6.45) is 7.70. The highest BCUT2D eigenvalue weighted by atomic mass is 127. The normalized spacial score (nSPS) is 15.8. The topological polar surface area (TPSA) is 82.1 Å². The largest absolute Gasteiger partial charge is 0.357 e. The number of halogens is 1. The Kier molecular flexibility index (Phi) is 8.76. The first kappa shape index (κ1) is 21.1. The molecule has 2 aromatic rings. The fourth-order valence-corrected chi connectivity index (χ4v) is 3.94. The number of nitrogens with zero attached hydrogens (tertiary/aromatic N) is 5. The summed E-state index contributed by atoms with van der Waals surface area (Å²) in [6.45, 7) is 7.94. The van der Waals surface area contributed by atoms with Crippen LogP contribution in [0.4, 0.5) is 0 Å². The maximum atomic E-state index is 4.82. The lowest BCUT2D eigenvalue weighted by Gasteiger charge is -2.33. The molecule has 3 heterocycles. The summed E-state index contributed by atoms with van der Waals surface area (Å²) in [6, 6.07) is 0. The number of aromatic nitrogens is 4. The third kappa shape index (κ3) is 5.63. The Hall–Kier alpha value is -1.23. The SMILES string of the molecule is CCNC(=NCCc1ncc(CC)s1)N1CCC(c2ncn[nH]2)CC1.I. The van der Waals surface area contributed by atoms with Crippen LogP contribution in [0, 0.1) is 0 Å². The van der Waals surface area contributed by atoms with E-state index in [1.54, 1.807) is 17.7 Å². The molecule has 0 aromatic carbocycles. The van der Waals surface area contributed by atoms with Gasteiger partial charge in [-0.1, -0.05) is 6.92 Å². The molecule has 0 radical (unpaired) electrons. The number of nitrogens with one attached hydrogen (secondary N) is 2. The van der Waals surface area contributed by atoms with Gasteiger partial charge < -0.3 is 10.2 Å². The maximum Gasteiger partial charge on any atom is 0.193 e. The highest BCUT2D eigenvalue weighted by molar-refractivity contribution is 14.0. The Morgan fingerprint density at radius 3 is 2.77 bits per heavy atom. The van der Waals surface area contributed by atoms with Crippen LogP contribution in [0.25, 0.3) is 0 Å². The Labute approximate surface area is 176 Å². The number of guanidine groups is 1. The minimum Gasteiger partial charge on any atom is -0.357 e. The number of H-pyrrole nitrogens is 1. The molecule has 1 fully saturated rings. The number of aliphatic imine (C=N–C) groups is 1. The first-order chi connectivity index (χ1) is 12.3. The number of hydrogen-bond acceptors (Lipinski definition) is 5. The average Bonchev–Trinajstić information content (AvgIpc) is 3.33. The minimum absolute atomic E-state index is 0. The number of aryl methyl sites for hydroxylation is 1. The van der Waals surface area contributed by atoms with Crippen LogP contribution < -0.4 is 5.32 Å². The lowest BCUT2D eigenvalue weighted by atomic mass is 9.96. The van der Waals surface area contributed by atoms with Crippen molar-refractivity contribution in [2.24, 2.45) is 4.99 Å². The van der Waals surface area contributed by atoms with Gasteiger partial charge in [-0.25, -0.2) is 9.97 Å². The van der Waals surface area contributed by atoms with Crippen LogP contribution in [-0.4, -0.2) is 57.2 Å². The third-order valence-electron chi connectivity index (χ3n) is 4.49. The van der Waals surface area contributed by atoms with Gasteiger partial charge in [-0.2, -0.15) is 5.10 Å². The van der Waals surface area contributed by atoms with Crippen molar-refractivity contribution < 1.29 is 0 Å². The second-order valence-electron chi connectivity index (χ2n) is 6.19. The molecule has 0 bridgehead atoms. The van der Waals surface area contributed by atoms with Gasteiger partial charge in [-0.05, 0) is 26.2 Å². The van der Waals surface area contributed by atoms with Gasteiger partial charge in [-0.3, -0.25) is 10.1 Å². The summed E-state index contributed by atoms with van der Waals surface area (Å²) in [4.78, 5) is 17.3. The van der Waals surface area contributed by atoms with Crippen LogP contribution in [-0.2, 0) is 12.8 Å². The van der Waals surface area contributed by atoms with E-state index in [2.05, 4.69) is 44.2 Å². The molecule has 0 amide bonds. The fourth-order valence-electron chi connectivity index (χ4n) is 3.09. The zero-order chi connectivity index (χ0) is 17.5. The maximum absolute atomic E-state index is 4.82. The summed E-state index contributed by atoms with van der Waals surface area (Å²) in [5.41, 5.74) is 0. The van der Waals surface area contributed by atoms with Crippen LogP contribution in [0.3, 0.4) is 0 Å². The number of likely N-dealkylation sites (tertiary alicyclic amines) is 1. The highest BCUT2D eigenvalue weighted by Gasteiger charge is 2.24. The molecule has 1 saturated heterocycles. The molecule has 0 aliphatic carbocycles. The molecule has 0 atom stereocenters. The van der Waals surface area contributed by atoms with Crippen LogP contribution in [0.1, 0.15) is 48.3 Å². The quantitative estimate of drug-likeness (QED) is 0.371. The molecule has 3 rings (SSSR count). The summed E-state index contributed by atoms with van der Waals surface area (Å²) < 4.78 is 0. The zero-order valence-electron chi connectivity index (χ0n) is 15.4. The lowest BCUT2D eigenvalue weighted by molar-refractivity contribution is 0.299. The van der Waals surface area contributed by atoms with Crippen molar-refractivity contribution in [2.45, 2.75) is 45.4 Å². The molecule has 0 unspecified atom stereocenters. The van der Waals surface area contributed by atoms with E-state index < -0.39 is 0 Å². The Morgan fingerprint density at radius 2 is 2.15 bits per heavy atom. The van der Waals surface area contributed by atoms with E-state index in [-0.39, 0.29) is 24.0 Å². The van der Waals surface area contributed by atoms with Crippen molar-refractivity contribution in [1.82, 2.24) is 30.4 Å². The van der Waals surface area contributed by atoms with Crippen molar-refractivity contribution >= 4 is 41.3 Å². The molecule has 1 aliphatic heterocycles. The first-order valence-corrected chi connectivity index (χ1v) is 9.93. The standard InChI is InChI=1S/C17H27N7S.HI/c1-3-14-11-20-15(25-14)5-8-19-17(18-4-2)24-9-6-13(7-10-24)16-21-12-22-23-16;/h11-13H,3-10H2,1-2H3,(H,18,19)(H,21,22,23);1H. The summed E-state index contributed by atoms with van der Waals surface area (Å²) in [5.74, 6) is 2.51. The van der Waals surface area contributed by atoms with Gasteiger partial charge >= 0.3 is 0 Å². The van der Waals surface area contributed by atoms with Gasteiger partial charge in [0, 0.05) is 49.6 Å². The highest BCUT2D eigenvalue weighted by Crippen LogP contribution is 2.25. The van der Waals surface area contributed by atoms with E-state index in [0.717, 1.165) is 63.6 Å². The summed E-state index contributed by atoms with van der Waals surface area (Å²) in [5, 5.41) is 11.6. The van der Waals surface area contributed by atoms with Crippen LogP contribution >= 0.6 is 35.3 Å². The summed E-state index contributed by atoms with van der Waals surface area (Å²) >= 11 is 1.80. The molecule has 7 nitrogen and oxygen atoms in total. The van der Waals surface area contributed by atoms with Gasteiger partial charge in [-0.15, -0.1) is 35.3 Å². The van der Waals surface area contributed by atoms with E-state index >= 15 is 0 Å². The van der Waals surface area contributed by atoms with Gasteiger partial charge in [0.2, 0.25) is 0 Å². The molecule has 9 heteroatoms. The zero-order valence-corrected chi connectivity index (χ0v) is 18.6. The van der Waals surface area contributed by atoms with Crippen molar-refractivity contribution in [3.8, 4) is 0 Å². The van der Waals surface area contributed by atoms with Crippen molar-refractivity contribution in [3.63, 3.8) is 0 Å². The number of thiazole rings is 1. The molecular formula is C17H28IN7S. The monoisotopic (exact) mass is 489 g/mol. The van der Waals surface area contributed by atoms with E-state index in [1.807, 2.05) is 6.20 Å². The Morgan fingerprint density at radius 1 is 1.35 bits per heavy atom. The lowest BCUT2D eigenvalue weighted by Crippen LogP contribution is -2.45. The second kappa shape index (κ2) is 10.8. The molecule has 2 N–H and O–H groups in total. The van der Waals surface area contributed by atoms with Gasteiger partial charge in [0.25, 0.3) is 0 Å². The molecule has 144 valence electrons.